The lowest BCUT2D eigenvalue weighted by Gasteiger charge is -2.24. The second kappa shape index (κ2) is 8.76. The molecule has 1 aliphatic carbocycles. The predicted molar refractivity (Wildman–Crippen MR) is 77.1 cm³/mol. The molecule has 1 amide bonds. The summed E-state index contributed by atoms with van der Waals surface area (Å²) in [7, 11) is 0. The highest BCUT2D eigenvalue weighted by atomic mass is 35.5. The number of piperidine rings is 1. The number of hydrogen-bond donors (Lipinski definition) is 2. The molecule has 3 nitrogen and oxygen atoms in total. The summed E-state index contributed by atoms with van der Waals surface area (Å²) in [6.07, 6.45) is 11.5. The minimum absolute atomic E-state index is 0. The maximum absolute atomic E-state index is 11.9. The fourth-order valence-corrected chi connectivity index (χ4v) is 3.07. The van der Waals surface area contributed by atoms with E-state index in [2.05, 4.69) is 10.6 Å². The highest BCUT2D eigenvalue weighted by molar-refractivity contribution is 5.85. The first-order valence-electron chi connectivity index (χ1n) is 7.37. The molecule has 0 unspecified atom stereocenters. The van der Waals surface area contributed by atoms with Gasteiger partial charge in [0.1, 0.15) is 0 Å². The van der Waals surface area contributed by atoms with Gasteiger partial charge in [-0.2, -0.15) is 0 Å². The first kappa shape index (κ1) is 15.8. The molecule has 1 saturated carbocycles. The first-order chi connectivity index (χ1) is 8.36. The fraction of sp³-hybridized carbons (Fsp3) is 0.929. The van der Waals surface area contributed by atoms with Crippen LogP contribution in [0, 0.1) is 5.92 Å². The molecule has 106 valence electrons. The average molecular weight is 275 g/mol. The molecular weight excluding hydrogens is 248 g/mol. The molecule has 2 N–H and O–H groups in total. The van der Waals surface area contributed by atoms with Crippen molar-refractivity contribution in [3.63, 3.8) is 0 Å². The van der Waals surface area contributed by atoms with Crippen molar-refractivity contribution in [2.75, 3.05) is 13.1 Å². The molecular formula is C14H27ClN2O. The van der Waals surface area contributed by atoms with Crippen molar-refractivity contribution in [1.82, 2.24) is 10.6 Å². The Labute approximate surface area is 117 Å². The smallest absolute Gasteiger partial charge is 0.237 e. The largest absolute Gasteiger partial charge is 0.355 e. The molecule has 0 aromatic rings. The minimum atomic E-state index is 0. The summed E-state index contributed by atoms with van der Waals surface area (Å²) in [5.74, 6) is 1.09. The second-order valence-corrected chi connectivity index (χ2v) is 5.59. The maximum atomic E-state index is 11.9. The molecule has 0 spiro atoms. The Morgan fingerprint density at radius 1 is 1.06 bits per heavy atom. The van der Waals surface area contributed by atoms with E-state index in [1.807, 2.05) is 0 Å². The SMILES string of the molecule is Cl.O=C(NCCC1CCCCC1)[C@H]1CCCCN1. The summed E-state index contributed by atoms with van der Waals surface area (Å²) in [6, 6.07) is 0.0788. The molecule has 1 atom stereocenters. The van der Waals surface area contributed by atoms with Crippen molar-refractivity contribution in [1.29, 1.82) is 0 Å². The molecule has 2 rings (SSSR count). The molecule has 0 aromatic heterocycles. The van der Waals surface area contributed by atoms with Crippen molar-refractivity contribution in [3.05, 3.63) is 0 Å². The Hall–Kier alpha value is -0.280. The molecule has 4 heteroatoms. The van der Waals surface area contributed by atoms with Crippen LogP contribution >= 0.6 is 12.4 Å². The first-order valence-corrected chi connectivity index (χ1v) is 7.37. The van der Waals surface area contributed by atoms with Gasteiger partial charge in [-0.05, 0) is 31.7 Å². The molecule has 2 fully saturated rings. The van der Waals surface area contributed by atoms with Crippen LogP contribution < -0.4 is 10.6 Å². The lowest BCUT2D eigenvalue weighted by molar-refractivity contribution is -0.123. The van der Waals surface area contributed by atoms with E-state index >= 15 is 0 Å². The van der Waals surface area contributed by atoms with Gasteiger partial charge in [0.05, 0.1) is 6.04 Å². The number of rotatable bonds is 4. The molecule has 1 heterocycles. The van der Waals surface area contributed by atoms with Gasteiger partial charge in [0, 0.05) is 6.54 Å². The number of carbonyl (C=O) groups is 1. The number of hydrogen-bond acceptors (Lipinski definition) is 2. The van der Waals surface area contributed by atoms with E-state index in [0.29, 0.717) is 0 Å². The third-order valence-corrected chi connectivity index (χ3v) is 4.20. The van der Waals surface area contributed by atoms with Gasteiger partial charge in [0.25, 0.3) is 0 Å². The van der Waals surface area contributed by atoms with Crippen LogP contribution in [-0.2, 0) is 4.79 Å². The second-order valence-electron chi connectivity index (χ2n) is 5.59. The zero-order valence-corrected chi connectivity index (χ0v) is 12.1. The lowest BCUT2D eigenvalue weighted by Crippen LogP contribution is -2.46. The fourth-order valence-electron chi connectivity index (χ4n) is 3.07. The Morgan fingerprint density at radius 2 is 1.78 bits per heavy atom. The normalized spacial score (nSPS) is 25.2. The Balaban J connectivity index is 0.00000162. The number of amides is 1. The average Bonchev–Trinajstić information content (AvgIpc) is 2.41. The third kappa shape index (κ3) is 5.15. The van der Waals surface area contributed by atoms with Crippen LogP contribution in [0.15, 0.2) is 0 Å². The van der Waals surface area contributed by atoms with Crippen molar-refractivity contribution in [2.24, 2.45) is 5.92 Å². The maximum Gasteiger partial charge on any atom is 0.237 e. The van der Waals surface area contributed by atoms with Crippen LogP contribution in [0.25, 0.3) is 0 Å². The van der Waals surface area contributed by atoms with Crippen LogP contribution in [0.3, 0.4) is 0 Å². The number of nitrogens with one attached hydrogen (secondary N) is 2. The van der Waals surface area contributed by atoms with E-state index in [1.165, 1.54) is 51.4 Å². The van der Waals surface area contributed by atoms with E-state index in [9.17, 15) is 4.79 Å². The summed E-state index contributed by atoms with van der Waals surface area (Å²) < 4.78 is 0. The predicted octanol–water partition coefficient (Wildman–Crippen LogP) is 2.64. The minimum Gasteiger partial charge on any atom is -0.355 e. The Bertz CT molecular complexity index is 236. The van der Waals surface area contributed by atoms with E-state index in [-0.39, 0.29) is 24.4 Å². The molecule has 1 aliphatic heterocycles. The van der Waals surface area contributed by atoms with Crippen LogP contribution in [0.2, 0.25) is 0 Å². The van der Waals surface area contributed by atoms with Crippen molar-refractivity contribution < 1.29 is 4.79 Å². The number of carbonyl (C=O) groups excluding carboxylic acids is 1. The van der Waals surface area contributed by atoms with Crippen molar-refractivity contribution in [2.45, 2.75) is 63.8 Å². The van der Waals surface area contributed by atoms with Gasteiger partial charge in [-0.15, -0.1) is 12.4 Å². The van der Waals surface area contributed by atoms with E-state index in [4.69, 9.17) is 0 Å². The van der Waals surface area contributed by atoms with Crippen LogP contribution in [-0.4, -0.2) is 25.0 Å². The summed E-state index contributed by atoms with van der Waals surface area (Å²) in [4.78, 5) is 11.9. The molecule has 0 radical (unpaired) electrons. The molecule has 0 bridgehead atoms. The van der Waals surface area contributed by atoms with E-state index in [0.717, 1.165) is 25.4 Å². The van der Waals surface area contributed by atoms with Gasteiger partial charge in [-0.1, -0.05) is 38.5 Å². The Morgan fingerprint density at radius 3 is 2.44 bits per heavy atom. The zero-order valence-electron chi connectivity index (χ0n) is 11.2. The standard InChI is InChI=1S/C14H26N2O.ClH/c17-14(13-8-4-5-10-15-13)16-11-9-12-6-2-1-3-7-12;/h12-13,15H,1-11H2,(H,16,17);1H/t13-;/m1./s1. The Kier molecular flexibility index (Phi) is 7.68. The van der Waals surface area contributed by atoms with Crippen LogP contribution in [0.1, 0.15) is 57.8 Å². The van der Waals surface area contributed by atoms with E-state index < -0.39 is 0 Å². The van der Waals surface area contributed by atoms with Crippen LogP contribution in [0.4, 0.5) is 0 Å². The summed E-state index contributed by atoms with van der Waals surface area (Å²) in [5.41, 5.74) is 0. The van der Waals surface area contributed by atoms with Gasteiger partial charge in [-0.3, -0.25) is 4.79 Å². The van der Waals surface area contributed by atoms with E-state index in [1.54, 1.807) is 0 Å². The molecule has 1 saturated heterocycles. The van der Waals surface area contributed by atoms with Crippen molar-refractivity contribution in [3.8, 4) is 0 Å². The van der Waals surface area contributed by atoms with Crippen LogP contribution in [0.5, 0.6) is 0 Å². The monoisotopic (exact) mass is 274 g/mol. The number of halogens is 1. The van der Waals surface area contributed by atoms with Gasteiger partial charge in [0.15, 0.2) is 0 Å². The summed E-state index contributed by atoms with van der Waals surface area (Å²) in [6.45, 7) is 1.88. The highest BCUT2D eigenvalue weighted by Crippen LogP contribution is 2.25. The lowest BCUT2D eigenvalue weighted by atomic mass is 9.87. The van der Waals surface area contributed by atoms with Gasteiger partial charge < -0.3 is 10.6 Å². The summed E-state index contributed by atoms with van der Waals surface area (Å²) in [5, 5.41) is 6.39. The van der Waals surface area contributed by atoms with Gasteiger partial charge in [-0.25, -0.2) is 0 Å². The van der Waals surface area contributed by atoms with Gasteiger partial charge in [0.2, 0.25) is 5.91 Å². The highest BCUT2D eigenvalue weighted by Gasteiger charge is 2.20. The topological polar surface area (TPSA) is 41.1 Å². The zero-order chi connectivity index (χ0) is 11.9. The quantitative estimate of drug-likeness (QED) is 0.828. The molecule has 18 heavy (non-hydrogen) atoms. The van der Waals surface area contributed by atoms with Gasteiger partial charge >= 0.3 is 0 Å². The molecule has 2 aliphatic rings. The molecule has 0 aromatic carbocycles. The summed E-state index contributed by atoms with van der Waals surface area (Å²) >= 11 is 0. The third-order valence-electron chi connectivity index (χ3n) is 4.20. The van der Waals surface area contributed by atoms with Crippen molar-refractivity contribution >= 4 is 18.3 Å².